The van der Waals surface area contributed by atoms with Gasteiger partial charge >= 0.3 is 0 Å². The van der Waals surface area contributed by atoms with E-state index in [0.29, 0.717) is 11.7 Å². The van der Waals surface area contributed by atoms with Crippen molar-refractivity contribution in [3.8, 4) is 11.4 Å². The molecule has 0 radical (unpaired) electrons. The van der Waals surface area contributed by atoms with Crippen molar-refractivity contribution >= 4 is 16.7 Å². The SMILES string of the molecule is C1=CCC(CNc2nc(-c3cccnc3)nc3ccccc23)CC1. The van der Waals surface area contributed by atoms with Gasteiger partial charge in [0.05, 0.1) is 5.52 Å². The van der Waals surface area contributed by atoms with Crippen LogP contribution in [0.25, 0.3) is 22.3 Å². The average molecular weight is 316 g/mol. The topological polar surface area (TPSA) is 50.7 Å². The van der Waals surface area contributed by atoms with Crippen molar-refractivity contribution in [1.82, 2.24) is 15.0 Å². The van der Waals surface area contributed by atoms with E-state index in [0.717, 1.165) is 35.2 Å². The van der Waals surface area contributed by atoms with E-state index in [1.165, 1.54) is 12.8 Å². The number of pyridine rings is 1. The van der Waals surface area contributed by atoms with Crippen LogP contribution in [0.15, 0.2) is 60.9 Å². The van der Waals surface area contributed by atoms with Crippen LogP contribution in [0.5, 0.6) is 0 Å². The van der Waals surface area contributed by atoms with Gasteiger partial charge in [0, 0.05) is 29.9 Å². The van der Waals surface area contributed by atoms with Crippen molar-refractivity contribution in [2.45, 2.75) is 19.3 Å². The Labute approximate surface area is 141 Å². The molecule has 1 unspecified atom stereocenters. The van der Waals surface area contributed by atoms with E-state index < -0.39 is 0 Å². The molecule has 1 aliphatic rings. The van der Waals surface area contributed by atoms with Crippen LogP contribution in [0.1, 0.15) is 19.3 Å². The van der Waals surface area contributed by atoms with Crippen LogP contribution < -0.4 is 5.32 Å². The Morgan fingerprint density at radius 3 is 2.83 bits per heavy atom. The summed E-state index contributed by atoms with van der Waals surface area (Å²) >= 11 is 0. The molecule has 24 heavy (non-hydrogen) atoms. The van der Waals surface area contributed by atoms with Crippen LogP contribution in [0, 0.1) is 5.92 Å². The number of fused-ring (bicyclic) bond motifs is 1. The highest BCUT2D eigenvalue weighted by Gasteiger charge is 2.13. The first-order chi connectivity index (χ1) is 11.9. The third-order valence-electron chi connectivity index (χ3n) is 4.46. The fourth-order valence-electron chi connectivity index (χ4n) is 3.12. The molecule has 1 aliphatic carbocycles. The summed E-state index contributed by atoms with van der Waals surface area (Å²) in [5.41, 5.74) is 1.89. The number of hydrogen-bond donors (Lipinski definition) is 1. The third kappa shape index (κ3) is 3.13. The van der Waals surface area contributed by atoms with E-state index in [2.05, 4.69) is 28.5 Å². The molecule has 3 aromatic rings. The van der Waals surface area contributed by atoms with Crippen molar-refractivity contribution in [3.63, 3.8) is 0 Å². The minimum absolute atomic E-state index is 0.672. The van der Waals surface area contributed by atoms with Crippen molar-refractivity contribution in [1.29, 1.82) is 0 Å². The standard InChI is InChI=1S/C20H20N4/c1-2-7-15(8-3-1)13-22-20-17-10-4-5-11-18(17)23-19(24-20)16-9-6-12-21-14-16/h1-2,4-6,9-12,14-15H,3,7-8,13H2,(H,22,23,24). The molecule has 1 aromatic carbocycles. The van der Waals surface area contributed by atoms with E-state index in [-0.39, 0.29) is 0 Å². The molecule has 4 nitrogen and oxygen atoms in total. The summed E-state index contributed by atoms with van der Waals surface area (Å²) in [6, 6.07) is 12.1. The number of nitrogens with one attached hydrogen (secondary N) is 1. The lowest BCUT2D eigenvalue weighted by molar-refractivity contribution is 0.504. The quantitative estimate of drug-likeness (QED) is 0.722. The zero-order valence-electron chi connectivity index (χ0n) is 13.5. The highest BCUT2D eigenvalue weighted by atomic mass is 15.0. The van der Waals surface area contributed by atoms with Gasteiger partial charge in [-0.05, 0) is 49.4 Å². The first-order valence-corrected chi connectivity index (χ1v) is 8.46. The van der Waals surface area contributed by atoms with Crippen LogP contribution in [0.3, 0.4) is 0 Å². The summed E-state index contributed by atoms with van der Waals surface area (Å²) in [5.74, 6) is 2.30. The van der Waals surface area contributed by atoms with E-state index in [1.54, 1.807) is 12.4 Å². The minimum Gasteiger partial charge on any atom is -0.369 e. The van der Waals surface area contributed by atoms with Crippen molar-refractivity contribution in [2.75, 3.05) is 11.9 Å². The van der Waals surface area contributed by atoms with Crippen LogP contribution in [0.2, 0.25) is 0 Å². The normalized spacial score (nSPS) is 17.1. The van der Waals surface area contributed by atoms with Gasteiger partial charge in [-0.3, -0.25) is 4.98 Å². The Morgan fingerprint density at radius 2 is 2.00 bits per heavy atom. The molecule has 4 heteroatoms. The van der Waals surface area contributed by atoms with Gasteiger partial charge < -0.3 is 5.32 Å². The lowest BCUT2D eigenvalue weighted by atomic mass is 9.94. The molecule has 4 rings (SSSR count). The number of anilines is 1. The third-order valence-corrected chi connectivity index (χ3v) is 4.46. The molecule has 0 fully saturated rings. The van der Waals surface area contributed by atoms with Crippen LogP contribution in [-0.4, -0.2) is 21.5 Å². The Balaban J connectivity index is 1.68. The summed E-state index contributed by atoms with van der Waals surface area (Å²) in [6.45, 7) is 0.942. The molecular formula is C20H20N4. The minimum atomic E-state index is 0.672. The van der Waals surface area contributed by atoms with E-state index in [9.17, 15) is 0 Å². The largest absolute Gasteiger partial charge is 0.369 e. The number of nitrogens with zero attached hydrogens (tertiary/aromatic N) is 3. The molecule has 1 N–H and O–H groups in total. The van der Waals surface area contributed by atoms with Gasteiger partial charge in [-0.2, -0.15) is 0 Å². The number of benzene rings is 1. The Morgan fingerprint density at radius 1 is 1.04 bits per heavy atom. The van der Waals surface area contributed by atoms with Crippen LogP contribution in [-0.2, 0) is 0 Å². The molecule has 0 bridgehead atoms. The summed E-state index contributed by atoms with van der Waals surface area (Å²) in [5, 5.41) is 4.63. The maximum Gasteiger partial charge on any atom is 0.163 e. The van der Waals surface area contributed by atoms with Crippen molar-refractivity contribution in [2.24, 2.45) is 5.92 Å². The number of allylic oxidation sites excluding steroid dienone is 2. The maximum atomic E-state index is 4.78. The first kappa shape index (κ1) is 14.8. The lowest BCUT2D eigenvalue weighted by Gasteiger charge is -2.19. The highest BCUT2D eigenvalue weighted by molar-refractivity contribution is 5.90. The monoisotopic (exact) mass is 316 g/mol. The summed E-state index contributed by atoms with van der Waals surface area (Å²) in [6.07, 6.45) is 11.7. The molecular weight excluding hydrogens is 296 g/mol. The molecule has 0 saturated heterocycles. The molecule has 120 valence electrons. The first-order valence-electron chi connectivity index (χ1n) is 8.46. The predicted molar refractivity (Wildman–Crippen MR) is 97.7 cm³/mol. The van der Waals surface area contributed by atoms with Crippen LogP contribution in [0.4, 0.5) is 5.82 Å². The Bertz CT molecular complexity index is 858. The summed E-state index contributed by atoms with van der Waals surface area (Å²) < 4.78 is 0. The van der Waals surface area contributed by atoms with Gasteiger partial charge in [0.1, 0.15) is 5.82 Å². The second-order valence-electron chi connectivity index (χ2n) is 6.19. The van der Waals surface area contributed by atoms with Gasteiger partial charge in [-0.15, -0.1) is 0 Å². The molecule has 0 amide bonds. The van der Waals surface area contributed by atoms with Gasteiger partial charge in [-0.1, -0.05) is 24.3 Å². The van der Waals surface area contributed by atoms with E-state index in [4.69, 9.17) is 9.97 Å². The molecule has 1 atom stereocenters. The fourth-order valence-corrected chi connectivity index (χ4v) is 3.12. The second-order valence-corrected chi connectivity index (χ2v) is 6.19. The van der Waals surface area contributed by atoms with Crippen molar-refractivity contribution in [3.05, 3.63) is 60.9 Å². The summed E-state index contributed by atoms with van der Waals surface area (Å²) in [7, 11) is 0. The number of aromatic nitrogens is 3. The number of para-hydroxylation sites is 1. The Hall–Kier alpha value is -2.75. The van der Waals surface area contributed by atoms with Gasteiger partial charge in [0.25, 0.3) is 0 Å². The molecule has 0 spiro atoms. The average Bonchev–Trinajstić information content (AvgIpc) is 2.67. The Kier molecular flexibility index (Phi) is 4.19. The highest BCUT2D eigenvalue weighted by Crippen LogP contribution is 2.26. The fraction of sp³-hybridized carbons (Fsp3) is 0.250. The zero-order chi connectivity index (χ0) is 16.2. The molecule has 2 aromatic heterocycles. The lowest BCUT2D eigenvalue weighted by Crippen LogP contribution is -2.16. The zero-order valence-corrected chi connectivity index (χ0v) is 13.5. The second kappa shape index (κ2) is 6.79. The van der Waals surface area contributed by atoms with Crippen molar-refractivity contribution < 1.29 is 0 Å². The van der Waals surface area contributed by atoms with Gasteiger partial charge in [0.2, 0.25) is 0 Å². The number of rotatable bonds is 4. The molecule has 0 aliphatic heterocycles. The van der Waals surface area contributed by atoms with E-state index >= 15 is 0 Å². The molecule has 2 heterocycles. The van der Waals surface area contributed by atoms with Crippen LogP contribution >= 0.6 is 0 Å². The maximum absolute atomic E-state index is 4.78. The van der Waals surface area contributed by atoms with Gasteiger partial charge in [0.15, 0.2) is 5.82 Å². The van der Waals surface area contributed by atoms with Gasteiger partial charge in [-0.25, -0.2) is 9.97 Å². The smallest absolute Gasteiger partial charge is 0.163 e. The summed E-state index contributed by atoms with van der Waals surface area (Å²) in [4.78, 5) is 13.7. The van der Waals surface area contributed by atoms with E-state index in [1.807, 2.05) is 30.3 Å². The predicted octanol–water partition coefficient (Wildman–Crippen LogP) is 4.46. The number of hydrogen-bond acceptors (Lipinski definition) is 4. The molecule has 0 saturated carbocycles.